The number of pyridine rings is 1. The summed E-state index contributed by atoms with van der Waals surface area (Å²) in [6.45, 7) is 3.76. The molecule has 0 unspecified atom stereocenters. The maximum atomic E-state index is 13.6. The minimum absolute atomic E-state index is 0.163. The second-order valence-corrected chi connectivity index (χ2v) is 5.25. The molecule has 22 heavy (non-hydrogen) atoms. The van der Waals surface area contributed by atoms with Gasteiger partial charge in [-0.3, -0.25) is 9.78 Å². The van der Waals surface area contributed by atoms with Gasteiger partial charge in [-0.15, -0.1) is 0 Å². The van der Waals surface area contributed by atoms with Gasteiger partial charge in [0.1, 0.15) is 5.82 Å². The van der Waals surface area contributed by atoms with Crippen molar-refractivity contribution in [3.05, 3.63) is 71.2 Å². The van der Waals surface area contributed by atoms with Crippen LogP contribution >= 0.6 is 0 Å². The number of nitrogens with one attached hydrogen (secondary N) is 1. The highest BCUT2D eigenvalue weighted by Gasteiger charge is 2.13. The van der Waals surface area contributed by atoms with Crippen LogP contribution in [0.5, 0.6) is 0 Å². The van der Waals surface area contributed by atoms with E-state index in [1.165, 1.54) is 12.1 Å². The Hall–Kier alpha value is -2.75. The van der Waals surface area contributed by atoms with Crippen LogP contribution in [0.3, 0.4) is 0 Å². The monoisotopic (exact) mass is 294 g/mol. The van der Waals surface area contributed by atoms with Gasteiger partial charge in [0.15, 0.2) is 0 Å². The van der Waals surface area contributed by atoms with Crippen molar-refractivity contribution in [1.29, 1.82) is 0 Å². The molecule has 0 fully saturated rings. The van der Waals surface area contributed by atoms with Crippen molar-refractivity contribution in [1.82, 2.24) is 4.98 Å². The van der Waals surface area contributed by atoms with Crippen LogP contribution in [-0.2, 0) is 0 Å². The molecule has 3 rings (SSSR count). The van der Waals surface area contributed by atoms with Gasteiger partial charge < -0.3 is 5.32 Å². The molecule has 1 amide bonds. The predicted molar refractivity (Wildman–Crippen MR) is 85.6 cm³/mol. The summed E-state index contributed by atoms with van der Waals surface area (Å²) >= 11 is 0. The summed E-state index contributed by atoms with van der Waals surface area (Å²) in [5.74, 6) is -0.823. The van der Waals surface area contributed by atoms with E-state index in [9.17, 15) is 9.18 Å². The van der Waals surface area contributed by atoms with Gasteiger partial charge in [0, 0.05) is 5.39 Å². The molecule has 0 spiro atoms. The number of nitrogens with zero attached hydrogens (tertiary/aromatic N) is 1. The molecule has 2 aromatic carbocycles. The number of anilines is 1. The van der Waals surface area contributed by atoms with Crippen molar-refractivity contribution in [2.45, 2.75) is 13.8 Å². The Morgan fingerprint density at radius 1 is 1.09 bits per heavy atom. The van der Waals surface area contributed by atoms with Gasteiger partial charge >= 0.3 is 0 Å². The Kier molecular flexibility index (Phi) is 3.59. The normalized spacial score (nSPS) is 10.7. The first-order chi connectivity index (χ1) is 10.5. The second kappa shape index (κ2) is 5.56. The summed E-state index contributed by atoms with van der Waals surface area (Å²) in [7, 11) is 0. The summed E-state index contributed by atoms with van der Waals surface area (Å²) in [5, 5.41) is 3.49. The number of carbonyl (C=O) groups is 1. The Morgan fingerprint density at radius 3 is 2.64 bits per heavy atom. The fourth-order valence-corrected chi connectivity index (χ4v) is 2.37. The first kappa shape index (κ1) is 14.2. The van der Waals surface area contributed by atoms with Crippen molar-refractivity contribution in [3.63, 3.8) is 0 Å². The molecule has 0 bridgehead atoms. The molecule has 3 aromatic rings. The molecular formula is C18H15FN2O. The van der Waals surface area contributed by atoms with Gasteiger partial charge in [-0.25, -0.2) is 4.39 Å². The summed E-state index contributed by atoms with van der Waals surface area (Å²) in [4.78, 5) is 16.8. The lowest BCUT2D eigenvalue weighted by Gasteiger charge is -2.09. The number of carbonyl (C=O) groups excluding carboxylic acids is 1. The largest absolute Gasteiger partial charge is 0.319 e. The first-order valence-electron chi connectivity index (χ1n) is 6.98. The first-order valence-corrected chi connectivity index (χ1v) is 6.98. The van der Waals surface area contributed by atoms with Gasteiger partial charge in [-0.05, 0) is 44.2 Å². The topological polar surface area (TPSA) is 42.0 Å². The van der Waals surface area contributed by atoms with E-state index in [0.717, 1.165) is 16.5 Å². The van der Waals surface area contributed by atoms with E-state index < -0.39 is 5.82 Å². The lowest BCUT2D eigenvalue weighted by atomic mass is 10.1. The quantitative estimate of drug-likeness (QED) is 0.768. The minimum atomic E-state index is -0.460. The molecule has 110 valence electrons. The number of hydrogen-bond donors (Lipinski definition) is 1. The fraction of sp³-hybridized carbons (Fsp3) is 0.111. The number of rotatable bonds is 2. The van der Waals surface area contributed by atoms with Gasteiger partial charge in [-0.1, -0.05) is 23.8 Å². The highest BCUT2D eigenvalue weighted by molar-refractivity contribution is 6.06. The minimum Gasteiger partial charge on any atom is -0.319 e. The van der Waals surface area contributed by atoms with Crippen LogP contribution in [0.25, 0.3) is 10.9 Å². The van der Waals surface area contributed by atoms with Crippen molar-refractivity contribution < 1.29 is 9.18 Å². The van der Waals surface area contributed by atoms with Crippen LogP contribution in [0, 0.1) is 19.7 Å². The van der Waals surface area contributed by atoms with E-state index in [1.807, 2.05) is 25.1 Å². The van der Waals surface area contributed by atoms with Crippen molar-refractivity contribution in [3.8, 4) is 0 Å². The summed E-state index contributed by atoms with van der Waals surface area (Å²) in [6.07, 6.45) is 0. The number of benzene rings is 2. The highest BCUT2D eigenvalue weighted by atomic mass is 19.1. The average Bonchev–Trinajstić information content (AvgIpc) is 2.49. The maximum Gasteiger partial charge on any atom is 0.257 e. The number of aromatic nitrogens is 1. The smallest absolute Gasteiger partial charge is 0.257 e. The number of fused-ring (bicyclic) bond motifs is 1. The van der Waals surface area contributed by atoms with Gasteiger partial charge in [0.25, 0.3) is 5.91 Å². The summed E-state index contributed by atoms with van der Waals surface area (Å²) in [5.41, 5.74) is 3.16. The SMILES string of the molecule is Cc1ccc2nc(C)c(C(=O)Nc3ccccc3F)cc2c1. The van der Waals surface area contributed by atoms with Crippen LogP contribution in [-0.4, -0.2) is 10.9 Å². The zero-order valence-corrected chi connectivity index (χ0v) is 12.4. The van der Waals surface area contributed by atoms with Crippen molar-refractivity contribution in [2.75, 3.05) is 5.32 Å². The van der Waals surface area contributed by atoms with Crippen molar-refractivity contribution in [2.24, 2.45) is 0 Å². The van der Waals surface area contributed by atoms with Gasteiger partial charge in [0.05, 0.1) is 22.5 Å². The van der Waals surface area contributed by atoms with Crippen LogP contribution < -0.4 is 5.32 Å². The second-order valence-electron chi connectivity index (χ2n) is 5.25. The molecule has 3 nitrogen and oxygen atoms in total. The third kappa shape index (κ3) is 2.68. The Morgan fingerprint density at radius 2 is 1.86 bits per heavy atom. The maximum absolute atomic E-state index is 13.6. The number of aryl methyl sites for hydroxylation is 2. The van der Waals surface area contributed by atoms with Crippen LogP contribution in [0.4, 0.5) is 10.1 Å². The number of halogens is 1. The van der Waals surface area contributed by atoms with E-state index in [2.05, 4.69) is 10.3 Å². The van der Waals surface area contributed by atoms with E-state index in [-0.39, 0.29) is 11.6 Å². The highest BCUT2D eigenvalue weighted by Crippen LogP contribution is 2.20. The third-order valence-corrected chi connectivity index (χ3v) is 3.53. The van der Waals surface area contributed by atoms with E-state index in [4.69, 9.17) is 0 Å². The van der Waals surface area contributed by atoms with Crippen LogP contribution in [0.15, 0.2) is 48.5 Å². The van der Waals surface area contributed by atoms with E-state index in [0.29, 0.717) is 11.3 Å². The Balaban J connectivity index is 2.00. The van der Waals surface area contributed by atoms with Crippen molar-refractivity contribution >= 4 is 22.5 Å². The van der Waals surface area contributed by atoms with Crippen LogP contribution in [0.2, 0.25) is 0 Å². The standard InChI is InChI=1S/C18H15FN2O/c1-11-7-8-16-13(9-11)10-14(12(2)20-16)18(22)21-17-6-4-3-5-15(17)19/h3-10H,1-2H3,(H,21,22). The number of amides is 1. The lowest BCUT2D eigenvalue weighted by Crippen LogP contribution is -2.15. The molecule has 0 radical (unpaired) electrons. The molecule has 1 N–H and O–H groups in total. The molecule has 1 aromatic heterocycles. The molecule has 0 saturated carbocycles. The zero-order valence-electron chi connectivity index (χ0n) is 12.4. The molecular weight excluding hydrogens is 279 g/mol. The molecule has 1 heterocycles. The Bertz CT molecular complexity index is 874. The number of para-hydroxylation sites is 1. The van der Waals surface area contributed by atoms with E-state index in [1.54, 1.807) is 25.1 Å². The summed E-state index contributed by atoms with van der Waals surface area (Å²) in [6, 6.07) is 13.8. The predicted octanol–water partition coefficient (Wildman–Crippen LogP) is 4.24. The molecule has 0 aliphatic heterocycles. The van der Waals surface area contributed by atoms with E-state index >= 15 is 0 Å². The van der Waals surface area contributed by atoms with Gasteiger partial charge in [0.2, 0.25) is 0 Å². The fourth-order valence-electron chi connectivity index (χ4n) is 2.37. The molecule has 4 heteroatoms. The van der Waals surface area contributed by atoms with Crippen LogP contribution in [0.1, 0.15) is 21.6 Å². The third-order valence-electron chi connectivity index (χ3n) is 3.53. The number of hydrogen-bond acceptors (Lipinski definition) is 2. The zero-order chi connectivity index (χ0) is 15.7. The van der Waals surface area contributed by atoms with Gasteiger partial charge in [-0.2, -0.15) is 0 Å². The molecule has 0 aliphatic rings. The lowest BCUT2D eigenvalue weighted by molar-refractivity contribution is 0.102. The summed E-state index contributed by atoms with van der Waals surface area (Å²) < 4.78 is 13.6. The molecule has 0 atom stereocenters. The molecule has 0 aliphatic carbocycles. The average molecular weight is 294 g/mol. The molecule has 0 saturated heterocycles. The Labute approximate surface area is 127 Å².